The van der Waals surface area contributed by atoms with E-state index in [1.807, 2.05) is 6.92 Å². The topological polar surface area (TPSA) is 35.6 Å². The second-order valence-corrected chi connectivity index (χ2v) is 8.31. The van der Waals surface area contributed by atoms with E-state index in [1.165, 1.54) is 0 Å². The lowest BCUT2D eigenvalue weighted by Gasteiger charge is -2.35. The van der Waals surface area contributed by atoms with Crippen LogP contribution < -0.4 is 5.32 Å². The number of amides is 1. The van der Waals surface area contributed by atoms with Gasteiger partial charge in [-0.3, -0.25) is 10.1 Å². The zero-order chi connectivity index (χ0) is 16.4. The molecule has 0 aromatic heterocycles. The van der Waals surface area contributed by atoms with E-state index in [-0.39, 0.29) is 17.5 Å². The van der Waals surface area contributed by atoms with Crippen LogP contribution >= 0.6 is 0 Å². The molecule has 0 aromatic rings. The van der Waals surface area contributed by atoms with Gasteiger partial charge < -0.3 is 9.80 Å². The van der Waals surface area contributed by atoms with Crippen LogP contribution in [0.5, 0.6) is 0 Å². The van der Waals surface area contributed by atoms with Crippen molar-refractivity contribution in [1.82, 2.24) is 15.1 Å². The van der Waals surface area contributed by atoms with Gasteiger partial charge in [-0.25, -0.2) is 0 Å². The molecule has 2 unspecified atom stereocenters. The highest BCUT2D eigenvalue weighted by molar-refractivity contribution is 5.88. The van der Waals surface area contributed by atoms with Crippen LogP contribution in [0.25, 0.3) is 0 Å². The molecule has 1 rings (SSSR count). The van der Waals surface area contributed by atoms with Gasteiger partial charge in [-0.05, 0) is 45.2 Å². The monoisotopic (exact) mass is 297 g/mol. The number of hydrogen-bond donors (Lipinski definition) is 1. The van der Waals surface area contributed by atoms with E-state index in [4.69, 9.17) is 0 Å². The van der Waals surface area contributed by atoms with Crippen LogP contribution in [-0.4, -0.2) is 54.6 Å². The molecule has 0 aliphatic carbocycles. The molecule has 4 nitrogen and oxygen atoms in total. The van der Waals surface area contributed by atoms with Crippen LogP contribution in [0.15, 0.2) is 0 Å². The second-order valence-electron chi connectivity index (χ2n) is 8.31. The maximum absolute atomic E-state index is 12.9. The molecule has 0 aromatic carbocycles. The van der Waals surface area contributed by atoms with E-state index in [1.54, 1.807) is 0 Å². The molecule has 1 aliphatic heterocycles. The standard InChI is InChI=1S/C17H35N3O/c1-9-17(6)15(21)20(14(18-17)10-13(2)3)12-16(4,5)11-19(7)8/h13-14,18H,9-12H2,1-8H3. The summed E-state index contributed by atoms with van der Waals surface area (Å²) in [6, 6.07) is 0. The Morgan fingerprint density at radius 3 is 2.38 bits per heavy atom. The molecular weight excluding hydrogens is 262 g/mol. The molecule has 1 amide bonds. The summed E-state index contributed by atoms with van der Waals surface area (Å²) in [5, 5.41) is 3.59. The Labute approximate surface area is 131 Å². The summed E-state index contributed by atoms with van der Waals surface area (Å²) in [7, 11) is 4.18. The van der Waals surface area contributed by atoms with Gasteiger partial charge in [0.1, 0.15) is 0 Å². The van der Waals surface area contributed by atoms with Crippen molar-refractivity contribution in [2.45, 2.75) is 66.1 Å². The van der Waals surface area contributed by atoms with Gasteiger partial charge in [0.15, 0.2) is 0 Å². The predicted molar refractivity (Wildman–Crippen MR) is 89.1 cm³/mol. The lowest BCUT2D eigenvalue weighted by atomic mass is 9.91. The van der Waals surface area contributed by atoms with Crippen molar-refractivity contribution >= 4 is 5.91 Å². The van der Waals surface area contributed by atoms with E-state index in [9.17, 15) is 4.79 Å². The molecule has 1 N–H and O–H groups in total. The van der Waals surface area contributed by atoms with Gasteiger partial charge in [-0.1, -0.05) is 34.6 Å². The Bertz CT molecular complexity index is 365. The highest BCUT2D eigenvalue weighted by atomic mass is 16.2. The summed E-state index contributed by atoms with van der Waals surface area (Å²) in [6.07, 6.45) is 2.02. The SMILES string of the molecule is CCC1(C)NC(CC(C)C)N(CC(C)(C)CN(C)C)C1=O. The third-order valence-electron chi connectivity index (χ3n) is 4.34. The van der Waals surface area contributed by atoms with E-state index in [2.05, 4.69) is 63.8 Å². The number of rotatable bonds is 7. The Morgan fingerprint density at radius 2 is 1.95 bits per heavy atom. The minimum Gasteiger partial charge on any atom is -0.325 e. The summed E-state index contributed by atoms with van der Waals surface area (Å²) < 4.78 is 0. The van der Waals surface area contributed by atoms with E-state index >= 15 is 0 Å². The summed E-state index contributed by atoms with van der Waals surface area (Å²) in [6.45, 7) is 14.8. The van der Waals surface area contributed by atoms with Crippen molar-refractivity contribution in [1.29, 1.82) is 0 Å². The third kappa shape index (κ3) is 4.68. The average Bonchev–Trinajstić information content (AvgIpc) is 2.52. The first kappa shape index (κ1) is 18.4. The lowest BCUT2D eigenvalue weighted by molar-refractivity contribution is -0.134. The lowest BCUT2D eigenvalue weighted by Crippen LogP contribution is -2.46. The second kappa shape index (κ2) is 6.66. The molecule has 0 bridgehead atoms. The molecule has 124 valence electrons. The molecule has 0 radical (unpaired) electrons. The van der Waals surface area contributed by atoms with E-state index in [0.717, 1.165) is 25.9 Å². The smallest absolute Gasteiger partial charge is 0.243 e. The first-order valence-corrected chi connectivity index (χ1v) is 8.24. The summed E-state index contributed by atoms with van der Waals surface area (Å²) in [5.74, 6) is 0.844. The zero-order valence-corrected chi connectivity index (χ0v) is 15.3. The molecule has 21 heavy (non-hydrogen) atoms. The molecule has 1 fully saturated rings. The quantitative estimate of drug-likeness (QED) is 0.784. The number of hydrogen-bond acceptors (Lipinski definition) is 3. The first-order chi connectivity index (χ1) is 9.50. The van der Waals surface area contributed by atoms with E-state index in [0.29, 0.717) is 5.92 Å². The zero-order valence-electron chi connectivity index (χ0n) is 15.3. The Balaban J connectivity index is 2.91. The first-order valence-electron chi connectivity index (χ1n) is 8.24. The van der Waals surface area contributed by atoms with Crippen LogP contribution in [-0.2, 0) is 4.79 Å². The maximum Gasteiger partial charge on any atom is 0.243 e. The normalized spacial score (nSPS) is 27.2. The van der Waals surface area contributed by atoms with Crippen molar-refractivity contribution in [2.75, 3.05) is 27.2 Å². The molecule has 1 aliphatic rings. The minimum atomic E-state index is -0.395. The highest BCUT2D eigenvalue weighted by Gasteiger charge is 2.47. The Hall–Kier alpha value is -0.610. The molecule has 0 saturated carbocycles. The maximum atomic E-state index is 12.9. The minimum absolute atomic E-state index is 0.0923. The fourth-order valence-corrected chi connectivity index (χ4v) is 3.40. The van der Waals surface area contributed by atoms with Gasteiger partial charge in [0.2, 0.25) is 5.91 Å². The van der Waals surface area contributed by atoms with Crippen LogP contribution in [0.2, 0.25) is 0 Å². The molecule has 4 heteroatoms. The Morgan fingerprint density at radius 1 is 1.38 bits per heavy atom. The van der Waals surface area contributed by atoms with Crippen molar-refractivity contribution in [3.8, 4) is 0 Å². The molecule has 2 atom stereocenters. The number of carbonyl (C=O) groups excluding carboxylic acids is 1. The van der Waals surface area contributed by atoms with Gasteiger partial charge in [0, 0.05) is 13.1 Å². The van der Waals surface area contributed by atoms with Crippen LogP contribution in [0.1, 0.15) is 54.4 Å². The number of carbonyl (C=O) groups is 1. The van der Waals surface area contributed by atoms with Gasteiger partial charge in [0.25, 0.3) is 0 Å². The molecule has 0 spiro atoms. The molecule has 1 saturated heterocycles. The average molecular weight is 297 g/mol. The van der Waals surface area contributed by atoms with Crippen LogP contribution in [0, 0.1) is 11.3 Å². The third-order valence-corrected chi connectivity index (χ3v) is 4.34. The summed E-state index contributed by atoms with van der Waals surface area (Å²) in [5.41, 5.74) is -0.303. The molecular formula is C17H35N3O. The summed E-state index contributed by atoms with van der Waals surface area (Å²) in [4.78, 5) is 17.2. The van der Waals surface area contributed by atoms with Crippen molar-refractivity contribution < 1.29 is 4.79 Å². The number of nitrogens with zero attached hydrogens (tertiary/aromatic N) is 2. The fraction of sp³-hybridized carbons (Fsp3) is 0.941. The van der Waals surface area contributed by atoms with Gasteiger partial charge >= 0.3 is 0 Å². The van der Waals surface area contributed by atoms with Gasteiger partial charge in [-0.2, -0.15) is 0 Å². The largest absolute Gasteiger partial charge is 0.325 e. The number of nitrogens with one attached hydrogen (secondary N) is 1. The van der Waals surface area contributed by atoms with Gasteiger partial charge in [-0.15, -0.1) is 0 Å². The highest BCUT2D eigenvalue weighted by Crippen LogP contribution is 2.30. The van der Waals surface area contributed by atoms with Gasteiger partial charge in [0.05, 0.1) is 11.7 Å². The Kier molecular flexibility index (Phi) is 5.84. The van der Waals surface area contributed by atoms with Crippen molar-refractivity contribution in [3.05, 3.63) is 0 Å². The fourth-order valence-electron chi connectivity index (χ4n) is 3.40. The van der Waals surface area contributed by atoms with Crippen LogP contribution in [0.3, 0.4) is 0 Å². The predicted octanol–water partition coefficient (Wildman–Crippen LogP) is 2.55. The molecule has 1 heterocycles. The van der Waals surface area contributed by atoms with Crippen molar-refractivity contribution in [2.24, 2.45) is 11.3 Å². The summed E-state index contributed by atoms with van der Waals surface area (Å²) >= 11 is 0. The van der Waals surface area contributed by atoms with E-state index < -0.39 is 5.54 Å². The van der Waals surface area contributed by atoms with Crippen LogP contribution in [0.4, 0.5) is 0 Å². The van der Waals surface area contributed by atoms with Crippen molar-refractivity contribution in [3.63, 3.8) is 0 Å².